The van der Waals surface area contributed by atoms with Gasteiger partial charge in [-0.05, 0) is 94.5 Å². The van der Waals surface area contributed by atoms with Gasteiger partial charge in [0.1, 0.15) is 30.3 Å². The number of nitrogens with zero attached hydrogens (tertiary/aromatic N) is 7. The summed E-state index contributed by atoms with van der Waals surface area (Å²) in [5.74, 6) is 0.129. The topological polar surface area (TPSA) is 70.4 Å². The Kier molecular flexibility index (Phi) is 11.3. The Hall–Kier alpha value is -4.18. The van der Waals surface area contributed by atoms with E-state index in [0.717, 1.165) is 22.6 Å². The second-order valence-electron chi connectivity index (χ2n) is 10.8. The molecule has 0 radical (unpaired) electrons. The quantitative estimate of drug-likeness (QED) is 0.250. The van der Waals surface area contributed by atoms with Crippen LogP contribution in [-0.4, -0.2) is 81.8 Å². The Morgan fingerprint density at radius 3 is 1.98 bits per heavy atom. The van der Waals surface area contributed by atoms with E-state index >= 15 is 0 Å². The summed E-state index contributed by atoms with van der Waals surface area (Å²) in [6.45, 7) is 11.4. The third-order valence-corrected chi connectivity index (χ3v) is 7.30. The number of aryl methyl sites for hydroxylation is 1. The van der Waals surface area contributed by atoms with Gasteiger partial charge in [-0.15, -0.1) is 0 Å². The third kappa shape index (κ3) is 8.90. The zero-order valence-corrected chi connectivity index (χ0v) is 25.5. The molecule has 228 valence electrons. The van der Waals surface area contributed by atoms with Gasteiger partial charge in [0.25, 0.3) is 0 Å². The summed E-state index contributed by atoms with van der Waals surface area (Å²) in [4.78, 5) is 28.0. The standard InChI is InChI=1S/C26H24F2N6O.C7H17N/c1-18-14-25(30-17-29-18)32-10-12-33(13-11-32)26(35)16-34-24(20-4-8-22(28)9-5-20)15-23(31-34)19-2-6-21(27)7-3-19;1-4-6-8(3)7-5-2/h2-9,14-15,17H,10-13,16H2,1H3;4-7H2,1-3H3. The zero-order chi connectivity index (χ0) is 30.8. The van der Waals surface area contributed by atoms with Crippen LogP contribution in [0.25, 0.3) is 22.5 Å². The number of anilines is 1. The summed E-state index contributed by atoms with van der Waals surface area (Å²) >= 11 is 0. The number of hydrogen-bond donors (Lipinski definition) is 0. The minimum atomic E-state index is -0.341. The van der Waals surface area contributed by atoms with Crippen molar-refractivity contribution in [1.82, 2.24) is 29.5 Å². The molecule has 0 N–H and O–H groups in total. The van der Waals surface area contributed by atoms with Crippen LogP contribution in [0.5, 0.6) is 0 Å². The Labute approximate surface area is 253 Å². The lowest BCUT2D eigenvalue weighted by Crippen LogP contribution is -2.50. The van der Waals surface area contributed by atoms with E-state index in [4.69, 9.17) is 0 Å². The first-order valence-electron chi connectivity index (χ1n) is 14.9. The van der Waals surface area contributed by atoms with Crippen LogP contribution in [0.2, 0.25) is 0 Å². The molecule has 1 aliphatic heterocycles. The molecule has 0 spiro atoms. The molecule has 0 saturated carbocycles. The molecule has 0 atom stereocenters. The van der Waals surface area contributed by atoms with Crippen LogP contribution in [0.1, 0.15) is 32.4 Å². The summed E-state index contributed by atoms with van der Waals surface area (Å²) < 4.78 is 28.5. The number of piperazine rings is 1. The highest BCUT2D eigenvalue weighted by atomic mass is 19.1. The van der Waals surface area contributed by atoms with Gasteiger partial charge in [0.05, 0.1) is 11.4 Å². The van der Waals surface area contributed by atoms with E-state index in [1.807, 2.05) is 24.0 Å². The molecule has 0 bridgehead atoms. The number of carbonyl (C=O) groups excluding carboxylic acids is 1. The molecule has 4 aromatic rings. The van der Waals surface area contributed by atoms with Crippen LogP contribution < -0.4 is 4.90 Å². The van der Waals surface area contributed by atoms with Gasteiger partial charge in [0.2, 0.25) is 5.91 Å². The van der Waals surface area contributed by atoms with Gasteiger partial charge in [-0.25, -0.2) is 18.7 Å². The first kappa shape index (κ1) is 31.7. The molecule has 1 fully saturated rings. The highest BCUT2D eigenvalue weighted by Gasteiger charge is 2.24. The van der Waals surface area contributed by atoms with Crippen molar-refractivity contribution in [3.63, 3.8) is 0 Å². The number of hydrogen-bond acceptors (Lipinski definition) is 6. The fraction of sp³-hybridized carbons (Fsp3) is 0.394. The van der Waals surface area contributed by atoms with Crippen LogP contribution in [0.15, 0.2) is 67.0 Å². The molecule has 1 aliphatic rings. The van der Waals surface area contributed by atoms with E-state index in [0.29, 0.717) is 37.6 Å². The molecule has 1 amide bonds. The smallest absolute Gasteiger partial charge is 0.244 e. The highest BCUT2D eigenvalue weighted by Crippen LogP contribution is 2.27. The number of rotatable bonds is 9. The Balaban J connectivity index is 0.000000467. The van der Waals surface area contributed by atoms with Crippen molar-refractivity contribution in [3.8, 4) is 22.5 Å². The van der Waals surface area contributed by atoms with Crippen molar-refractivity contribution >= 4 is 11.7 Å². The van der Waals surface area contributed by atoms with E-state index in [9.17, 15) is 13.6 Å². The second kappa shape index (κ2) is 15.3. The van der Waals surface area contributed by atoms with E-state index in [1.165, 1.54) is 50.2 Å². The van der Waals surface area contributed by atoms with Gasteiger partial charge in [0.15, 0.2) is 0 Å². The first-order chi connectivity index (χ1) is 20.8. The maximum Gasteiger partial charge on any atom is 0.244 e. The van der Waals surface area contributed by atoms with Gasteiger partial charge < -0.3 is 14.7 Å². The minimum absolute atomic E-state index is 0.0422. The summed E-state index contributed by atoms with van der Waals surface area (Å²) in [6.07, 6.45) is 4.10. The third-order valence-electron chi connectivity index (χ3n) is 7.30. The van der Waals surface area contributed by atoms with E-state index in [1.54, 1.807) is 35.3 Å². The van der Waals surface area contributed by atoms with E-state index < -0.39 is 0 Å². The molecular formula is C33H41F2N7O. The monoisotopic (exact) mass is 589 g/mol. The molecule has 8 nitrogen and oxygen atoms in total. The lowest BCUT2D eigenvalue weighted by atomic mass is 10.1. The van der Waals surface area contributed by atoms with Crippen molar-refractivity contribution < 1.29 is 13.6 Å². The number of carbonyl (C=O) groups is 1. The van der Waals surface area contributed by atoms with Gasteiger partial charge >= 0.3 is 0 Å². The predicted octanol–water partition coefficient (Wildman–Crippen LogP) is 5.68. The fourth-order valence-electron chi connectivity index (χ4n) is 5.05. The summed E-state index contributed by atoms with van der Waals surface area (Å²) in [6, 6.07) is 15.9. The Morgan fingerprint density at radius 2 is 1.42 bits per heavy atom. The van der Waals surface area contributed by atoms with Crippen molar-refractivity contribution in [1.29, 1.82) is 0 Å². The van der Waals surface area contributed by atoms with Crippen LogP contribution in [0, 0.1) is 18.6 Å². The first-order valence-corrected chi connectivity index (χ1v) is 14.9. The Bertz CT molecular complexity index is 1440. The minimum Gasteiger partial charge on any atom is -0.353 e. The summed E-state index contributed by atoms with van der Waals surface area (Å²) in [5.41, 5.74) is 3.67. The molecule has 2 aromatic heterocycles. The van der Waals surface area contributed by atoms with Gasteiger partial charge in [-0.2, -0.15) is 5.10 Å². The lowest BCUT2D eigenvalue weighted by molar-refractivity contribution is -0.132. The highest BCUT2D eigenvalue weighted by molar-refractivity contribution is 5.78. The van der Waals surface area contributed by atoms with E-state index in [2.05, 4.69) is 45.8 Å². The van der Waals surface area contributed by atoms with Crippen LogP contribution >= 0.6 is 0 Å². The maximum absolute atomic E-state index is 13.5. The lowest BCUT2D eigenvalue weighted by Gasteiger charge is -2.35. The molecule has 0 unspecified atom stereocenters. The molecule has 3 heterocycles. The number of halogens is 2. The van der Waals surface area contributed by atoms with Crippen molar-refractivity contribution in [2.24, 2.45) is 0 Å². The average Bonchev–Trinajstić information content (AvgIpc) is 3.42. The van der Waals surface area contributed by atoms with Crippen molar-refractivity contribution in [2.75, 3.05) is 51.2 Å². The largest absolute Gasteiger partial charge is 0.353 e. The fourth-order valence-corrected chi connectivity index (χ4v) is 5.05. The Morgan fingerprint density at radius 1 is 0.837 bits per heavy atom. The van der Waals surface area contributed by atoms with Crippen LogP contribution in [-0.2, 0) is 11.3 Å². The SMILES string of the molecule is CCCN(C)CCC.Cc1cc(N2CCN(C(=O)Cn3nc(-c4ccc(F)cc4)cc3-c3ccc(F)cc3)CC2)ncn1. The normalized spacial score (nSPS) is 13.2. The van der Waals surface area contributed by atoms with Crippen LogP contribution in [0.4, 0.5) is 14.6 Å². The zero-order valence-electron chi connectivity index (χ0n) is 25.5. The summed E-state index contributed by atoms with van der Waals surface area (Å²) in [5, 5.41) is 4.64. The second-order valence-corrected chi connectivity index (χ2v) is 10.8. The van der Waals surface area contributed by atoms with Crippen molar-refractivity contribution in [2.45, 2.75) is 40.2 Å². The molecule has 43 heavy (non-hydrogen) atoms. The molecule has 0 aliphatic carbocycles. The molecule has 1 saturated heterocycles. The van der Waals surface area contributed by atoms with Crippen molar-refractivity contribution in [3.05, 3.63) is 84.3 Å². The van der Waals surface area contributed by atoms with Gasteiger partial charge in [-0.1, -0.05) is 13.8 Å². The molecule has 5 rings (SSSR count). The van der Waals surface area contributed by atoms with Crippen LogP contribution in [0.3, 0.4) is 0 Å². The van der Waals surface area contributed by atoms with E-state index in [-0.39, 0.29) is 24.1 Å². The average molecular weight is 590 g/mol. The number of amides is 1. The van der Waals surface area contributed by atoms with Gasteiger partial charge in [-0.3, -0.25) is 9.48 Å². The number of benzene rings is 2. The molecule has 2 aromatic carbocycles. The summed E-state index contributed by atoms with van der Waals surface area (Å²) in [7, 11) is 2.17. The molecular weight excluding hydrogens is 548 g/mol. The van der Waals surface area contributed by atoms with Gasteiger partial charge in [0, 0.05) is 49.1 Å². The maximum atomic E-state index is 13.5. The number of aromatic nitrogens is 4. The molecule has 10 heteroatoms. The predicted molar refractivity (Wildman–Crippen MR) is 167 cm³/mol.